The Kier molecular flexibility index (Phi) is 3.51. The van der Waals surface area contributed by atoms with E-state index < -0.39 is 21.9 Å². The van der Waals surface area contributed by atoms with Gasteiger partial charge in [0.05, 0.1) is 4.92 Å². The van der Waals surface area contributed by atoms with Crippen molar-refractivity contribution in [3.8, 4) is 5.75 Å². The van der Waals surface area contributed by atoms with Gasteiger partial charge in [0.1, 0.15) is 5.75 Å². The minimum Gasteiger partial charge on any atom is -0.508 e. The molecule has 0 unspecified atom stereocenters. The number of aromatic nitrogens is 2. The number of nitrogens with one attached hydrogen (secondary N) is 3. The number of phenolic OH excluding ortho intramolecular Hbond substituents is 1. The second-order valence-electron chi connectivity index (χ2n) is 3.87. The summed E-state index contributed by atoms with van der Waals surface area (Å²) in [5, 5.41) is 22.9. The lowest BCUT2D eigenvalue weighted by atomic mass is 10.2. The van der Waals surface area contributed by atoms with E-state index in [9.17, 15) is 24.8 Å². The van der Waals surface area contributed by atoms with Gasteiger partial charge in [-0.3, -0.25) is 24.9 Å². The number of hydrogen-bond acceptors (Lipinski definition) is 6. The summed E-state index contributed by atoms with van der Waals surface area (Å²) in [7, 11) is 0. The van der Waals surface area contributed by atoms with E-state index in [4.69, 9.17) is 0 Å². The Morgan fingerprint density at radius 1 is 1.25 bits per heavy atom. The first-order chi connectivity index (χ1) is 9.49. The van der Waals surface area contributed by atoms with Crippen LogP contribution in [0.2, 0.25) is 0 Å². The predicted octanol–water partition coefficient (Wildman–Crippen LogP) is 0.289. The highest BCUT2D eigenvalue weighted by Crippen LogP contribution is 2.19. The number of rotatable bonds is 4. The van der Waals surface area contributed by atoms with Gasteiger partial charge in [0.2, 0.25) is 0 Å². The van der Waals surface area contributed by atoms with Crippen LogP contribution in [-0.4, -0.2) is 20.0 Å². The number of nitrogens with zero attached hydrogens (tertiary/aromatic N) is 1. The van der Waals surface area contributed by atoms with Gasteiger partial charge in [0.15, 0.2) is 5.82 Å². The molecule has 0 aliphatic heterocycles. The van der Waals surface area contributed by atoms with Crippen LogP contribution in [0.15, 0.2) is 33.9 Å². The number of aromatic amines is 2. The number of aromatic hydroxyl groups is 1. The SMILES string of the molecule is O=c1[nH]c(NCc2ccccc2O)c([N+](=O)[O-])c(=O)[nH]1. The summed E-state index contributed by atoms with van der Waals surface area (Å²) in [6.45, 7) is 0.00685. The molecule has 4 N–H and O–H groups in total. The van der Waals surface area contributed by atoms with E-state index >= 15 is 0 Å². The maximum Gasteiger partial charge on any atom is 0.373 e. The van der Waals surface area contributed by atoms with Gasteiger partial charge in [-0.2, -0.15) is 0 Å². The van der Waals surface area contributed by atoms with Crippen molar-refractivity contribution >= 4 is 11.5 Å². The molecule has 0 fully saturated rings. The first-order valence-corrected chi connectivity index (χ1v) is 5.51. The summed E-state index contributed by atoms with van der Waals surface area (Å²) in [5.41, 5.74) is -2.29. The molecule has 0 spiro atoms. The van der Waals surface area contributed by atoms with E-state index in [0.717, 1.165) is 0 Å². The number of para-hydroxylation sites is 1. The Labute approximate surface area is 111 Å². The molecule has 0 saturated carbocycles. The van der Waals surface area contributed by atoms with Gasteiger partial charge < -0.3 is 10.4 Å². The molecule has 1 aromatic heterocycles. The van der Waals surface area contributed by atoms with Gasteiger partial charge in [-0.25, -0.2) is 4.79 Å². The fourth-order valence-electron chi connectivity index (χ4n) is 1.63. The van der Waals surface area contributed by atoms with E-state index in [2.05, 4.69) is 10.3 Å². The van der Waals surface area contributed by atoms with Crippen molar-refractivity contribution in [3.05, 3.63) is 60.8 Å². The van der Waals surface area contributed by atoms with Gasteiger partial charge in [-0.1, -0.05) is 18.2 Å². The topological polar surface area (TPSA) is 141 Å². The molecule has 1 heterocycles. The van der Waals surface area contributed by atoms with Crippen LogP contribution in [0.1, 0.15) is 5.56 Å². The average molecular weight is 278 g/mol. The minimum absolute atomic E-state index is 0.00478. The summed E-state index contributed by atoms with van der Waals surface area (Å²) < 4.78 is 0. The van der Waals surface area contributed by atoms with Crippen molar-refractivity contribution in [2.45, 2.75) is 6.54 Å². The van der Waals surface area contributed by atoms with E-state index in [1.54, 1.807) is 23.2 Å². The van der Waals surface area contributed by atoms with Crippen LogP contribution in [0.3, 0.4) is 0 Å². The van der Waals surface area contributed by atoms with Gasteiger partial charge in [-0.15, -0.1) is 0 Å². The molecule has 2 rings (SSSR count). The average Bonchev–Trinajstić information content (AvgIpc) is 2.36. The lowest BCUT2D eigenvalue weighted by Gasteiger charge is -2.07. The highest BCUT2D eigenvalue weighted by atomic mass is 16.6. The first kappa shape index (κ1) is 13.3. The zero-order valence-corrected chi connectivity index (χ0v) is 10.0. The molecule has 9 nitrogen and oxygen atoms in total. The zero-order chi connectivity index (χ0) is 14.7. The van der Waals surface area contributed by atoms with Crippen molar-refractivity contribution in [1.29, 1.82) is 0 Å². The Morgan fingerprint density at radius 3 is 2.60 bits per heavy atom. The Balaban J connectivity index is 2.35. The summed E-state index contributed by atoms with van der Waals surface area (Å²) in [6.07, 6.45) is 0. The van der Waals surface area contributed by atoms with E-state index in [1.807, 2.05) is 0 Å². The third kappa shape index (κ3) is 2.66. The Bertz CT molecular complexity index is 764. The Hall–Kier alpha value is -3.10. The summed E-state index contributed by atoms with van der Waals surface area (Å²) in [6, 6.07) is 6.34. The third-order valence-corrected chi connectivity index (χ3v) is 2.55. The maximum atomic E-state index is 11.4. The van der Waals surface area contributed by atoms with Gasteiger partial charge in [-0.05, 0) is 6.07 Å². The normalized spacial score (nSPS) is 10.2. The molecule has 0 aliphatic rings. The first-order valence-electron chi connectivity index (χ1n) is 5.51. The van der Waals surface area contributed by atoms with Crippen molar-refractivity contribution < 1.29 is 10.0 Å². The smallest absolute Gasteiger partial charge is 0.373 e. The molecule has 20 heavy (non-hydrogen) atoms. The standard InChI is InChI=1S/C11H10N4O5/c16-7-4-2-1-3-6(7)5-12-9-8(15(19)20)10(17)14-11(18)13-9/h1-4,16H,5H2,(H3,12,13,14,17,18). The molecular formula is C11H10N4O5. The van der Waals surface area contributed by atoms with E-state index in [1.165, 1.54) is 6.07 Å². The zero-order valence-electron chi connectivity index (χ0n) is 10.0. The lowest BCUT2D eigenvalue weighted by molar-refractivity contribution is -0.385. The molecular weight excluding hydrogens is 268 g/mol. The molecule has 0 atom stereocenters. The van der Waals surface area contributed by atoms with Crippen LogP contribution in [0.25, 0.3) is 0 Å². The monoisotopic (exact) mass is 278 g/mol. The highest BCUT2D eigenvalue weighted by Gasteiger charge is 2.20. The molecule has 0 radical (unpaired) electrons. The quantitative estimate of drug-likeness (QED) is 0.468. The summed E-state index contributed by atoms with van der Waals surface area (Å²) in [5.74, 6) is -0.318. The van der Waals surface area contributed by atoms with E-state index in [-0.39, 0.29) is 18.1 Å². The molecule has 9 heteroatoms. The fraction of sp³-hybridized carbons (Fsp3) is 0.0909. The van der Waals surface area contributed by atoms with Crippen LogP contribution in [-0.2, 0) is 6.54 Å². The van der Waals surface area contributed by atoms with Crippen LogP contribution in [0.4, 0.5) is 11.5 Å². The van der Waals surface area contributed by atoms with Crippen LogP contribution in [0, 0.1) is 10.1 Å². The minimum atomic E-state index is -1.10. The van der Waals surface area contributed by atoms with E-state index in [0.29, 0.717) is 5.56 Å². The second kappa shape index (κ2) is 5.26. The number of phenols is 1. The predicted molar refractivity (Wildman–Crippen MR) is 69.8 cm³/mol. The molecule has 0 amide bonds. The number of hydrogen-bond donors (Lipinski definition) is 4. The highest BCUT2D eigenvalue weighted by molar-refractivity contribution is 5.54. The largest absolute Gasteiger partial charge is 0.508 e. The van der Waals surface area contributed by atoms with Crippen molar-refractivity contribution in [2.24, 2.45) is 0 Å². The molecule has 104 valence electrons. The van der Waals surface area contributed by atoms with Crippen molar-refractivity contribution in [2.75, 3.05) is 5.32 Å². The number of anilines is 1. The molecule has 0 bridgehead atoms. The molecule has 0 aliphatic carbocycles. The van der Waals surface area contributed by atoms with Crippen LogP contribution in [0.5, 0.6) is 5.75 Å². The summed E-state index contributed by atoms with van der Waals surface area (Å²) in [4.78, 5) is 36.3. The molecule has 2 aromatic rings. The fourth-order valence-corrected chi connectivity index (χ4v) is 1.63. The summed E-state index contributed by atoms with van der Waals surface area (Å²) >= 11 is 0. The van der Waals surface area contributed by atoms with Crippen molar-refractivity contribution in [1.82, 2.24) is 9.97 Å². The third-order valence-electron chi connectivity index (χ3n) is 2.55. The lowest BCUT2D eigenvalue weighted by Crippen LogP contribution is -2.26. The van der Waals surface area contributed by atoms with Crippen LogP contribution < -0.4 is 16.6 Å². The second-order valence-corrected chi connectivity index (χ2v) is 3.87. The number of benzene rings is 1. The molecule has 1 aromatic carbocycles. The number of H-pyrrole nitrogens is 2. The maximum absolute atomic E-state index is 11.4. The molecule has 0 saturated heterocycles. The van der Waals surface area contributed by atoms with Gasteiger partial charge >= 0.3 is 16.9 Å². The van der Waals surface area contributed by atoms with Crippen molar-refractivity contribution in [3.63, 3.8) is 0 Å². The Morgan fingerprint density at radius 2 is 1.95 bits per heavy atom. The van der Waals surface area contributed by atoms with Gasteiger partial charge in [0.25, 0.3) is 0 Å². The number of nitro groups is 1. The van der Waals surface area contributed by atoms with Gasteiger partial charge in [0, 0.05) is 12.1 Å². The van der Waals surface area contributed by atoms with Crippen LogP contribution >= 0.6 is 0 Å².